The molecule has 3 aromatic rings. The van der Waals surface area contributed by atoms with Crippen molar-refractivity contribution >= 4 is 46.6 Å². The molecule has 5 N–H and O–H groups in total. The fourth-order valence-corrected chi connectivity index (χ4v) is 4.81. The Balaban J connectivity index is 1.44. The molecule has 204 valence electrons. The Bertz CT molecular complexity index is 1540. The van der Waals surface area contributed by atoms with E-state index in [4.69, 9.17) is 29.0 Å². The molecule has 0 aliphatic carbocycles. The van der Waals surface area contributed by atoms with Gasteiger partial charge in [-0.25, -0.2) is 9.55 Å². The predicted octanol–water partition coefficient (Wildman–Crippen LogP) is 2.06. The van der Waals surface area contributed by atoms with E-state index in [0.29, 0.717) is 0 Å². The molecule has 3 atom stereocenters. The molecular formula is C19H20BrN6O11P. The van der Waals surface area contributed by atoms with Crippen LogP contribution in [0.1, 0.15) is 11.8 Å². The fraction of sp³-hybridized carbons (Fsp3) is 0.316. The third kappa shape index (κ3) is 5.50. The highest BCUT2D eigenvalue weighted by molar-refractivity contribution is 9.10. The lowest BCUT2D eigenvalue weighted by Gasteiger charge is -2.18. The van der Waals surface area contributed by atoms with Gasteiger partial charge in [-0.05, 0) is 28.1 Å². The zero-order valence-corrected chi connectivity index (χ0v) is 22.0. The van der Waals surface area contributed by atoms with E-state index in [1.807, 2.05) is 0 Å². The number of nitrogen functional groups attached to an aromatic ring is 1. The van der Waals surface area contributed by atoms with E-state index in [-0.39, 0.29) is 44.7 Å². The zero-order chi connectivity index (χ0) is 27.8. The van der Waals surface area contributed by atoms with Gasteiger partial charge < -0.3 is 29.9 Å². The number of nitrogens with zero attached hydrogens (tertiary/aromatic N) is 4. The molecule has 19 heteroatoms. The molecule has 0 spiro atoms. The van der Waals surface area contributed by atoms with Gasteiger partial charge in [-0.3, -0.25) is 33.5 Å². The number of ether oxygens (including phenoxy) is 3. The Kier molecular flexibility index (Phi) is 7.73. The van der Waals surface area contributed by atoms with E-state index in [9.17, 15) is 29.5 Å². The minimum absolute atomic E-state index is 0.0114. The first kappa shape index (κ1) is 27.5. The molecule has 3 heterocycles. The van der Waals surface area contributed by atoms with Gasteiger partial charge in [0.15, 0.2) is 33.6 Å². The second kappa shape index (κ2) is 10.7. The summed E-state index contributed by atoms with van der Waals surface area (Å²) in [5, 5.41) is 21.8. The van der Waals surface area contributed by atoms with Gasteiger partial charge in [-0.2, -0.15) is 4.98 Å². The van der Waals surface area contributed by atoms with E-state index < -0.39 is 49.5 Å². The number of benzene rings is 1. The van der Waals surface area contributed by atoms with Gasteiger partial charge in [0.25, 0.3) is 11.2 Å². The number of phosphoric acid groups is 1. The number of rotatable bonds is 10. The topological polar surface area (TPSA) is 236 Å². The third-order valence-electron chi connectivity index (χ3n) is 5.24. The molecule has 1 aromatic carbocycles. The van der Waals surface area contributed by atoms with Crippen molar-refractivity contribution in [1.29, 1.82) is 0 Å². The maximum atomic E-state index is 12.5. The van der Waals surface area contributed by atoms with E-state index in [1.165, 1.54) is 30.9 Å². The smallest absolute Gasteiger partial charge is 0.472 e. The second-order valence-electron chi connectivity index (χ2n) is 7.62. The highest BCUT2D eigenvalue weighted by Gasteiger charge is 2.34. The fourth-order valence-electron chi connectivity index (χ4n) is 3.56. The number of methoxy groups -OCH3 is 2. The Hall–Kier alpha value is -3.54. The third-order valence-corrected chi connectivity index (χ3v) is 6.73. The number of nitro benzene ring substituents is 1. The number of phosphoric ester groups is 1. The molecule has 4 rings (SSSR count). The quantitative estimate of drug-likeness (QED) is 0.110. The van der Waals surface area contributed by atoms with Gasteiger partial charge in [0.1, 0.15) is 11.9 Å². The van der Waals surface area contributed by atoms with Gasteiger partial charge in [-0.1, -0.05) is 0 Å². The number of hydrogen-bond donors (Lipinski definition) is 4. The molecule has 2 aromatic heterocycles. The summed E-state index contributed by atoms with van der Waals surface area (Å²) in [6.07, 6.45) is -1.05. The minimum atomic E-state index is -4.75. The SMILES string of the molecule is COc1cc(COP(=O)(O)OC[C@@H]2C=C(O)[C@H](n3c(Br)nc4c(=O)[nH]c(N)nc43)O2)c([N+](=O)[O-])cc1OC. The van der Waals surface area contributed by atoms with Crippen molar-refractivity contribution in [3.8, 4) is 11.5 Å². The Labute approximate surface area is 220 Å². The molecule has 0 radical (unpaired) electrons. The summed E-state index contributed by atoms with van der Waals surface area (Å²) in [4.78, 5) is 43.3. The van der Waals surface area contributed by atoms with Gasteiger partial charge in [-0.15, -0.1) is 0 Å². The van der Waals surface area contributed by atoms with Crippen molar-refractivity contribution in [3.63, 3.8) is 0 Å². The van der Waals surface area contributed by atoms with Crippen LogP contribution in [0.4, 0.5) is 11.6 Å². The number of aromatic nitrogens is 4. The maximum Gasteiger partial charge on any atom is 0.472 e. The highest BCUT2D eigenvalue weighted by Crippen LogP contribution is 2.46. The van der Waals surface area contributed by atoms with E-state index in [0.717, 1.165) is 6.07 Å². The van der Waals surface area contributed by atoms with Gasteiger partial charge >= 0.3 is 7.82 Å². The Morgan fingerprint density at radius 2 is 1.97 bits per heavy atom. The molecule has 1 aliphatic rings. The lowest BCUT2D eigenvalue weighted by molar-refractivity contribution is -0.385. The molecule has 0 fully saturated rings. The molecule has 0 saturated heterocycles. The largest absolute Gasteiger partial charge is 0.508 e. The normalized spacial score (nSPS) is 18.8. The van der Waals surface area contributed by atoms with Crippen LogP contribution in [0.15, 0.2) is 33.5 Å². The number of halogens is 1. The number of imidazole rings is 1. The first-order chi connectivity index (χ1) is 17.9. The lowest BCUT2D eigenvalue weighted by Crippen LogP contribution is -2.19. The summed E-state index contributed by atoms with van der Waals surface area (Å²) < 4.78 is 39.5. The molecule has 17 nitrogen and oxygen atoms in total. The van der Waals surface area contributed by atoms with Crippen LogP contribution in [0.25, 0.3) is 11.2 Å². The van der Waals surface area contributed by atoms with E-state index in [1.54, 1.807) is 0 Å². The number of nitro groups is 1. The average molecular weight is 619 g/mol. The summed E-state index contributed by atoms with van der Waals surface area (Å²) in [6, 6.07) is 2.33. The van der Waals surface area contributed by atoms with Crippen molar-refractivity contribution in [2.45, 2.75) is 18.9 Å². The van der Waals surface area contributed by atoms with E-state index >= 15 is 0 Å². The van der Waals surface area contributed by atoms with Crippen molar-refractivity contribution in [2.24, 2.45) is 0 Å². The Morgan fingerprint density at radius 3 is 2.63 bits per heavy atom. The van der Waals surface area contributed by atoms with Crippen LogP contribution in [0.5, 0.6) is 11.5 Å². The van der Waals surface area contributed by atoms with Gasteiger partial charge in [0.05, 0.1) is 44.0 Å². The summed E-state index contributed by atoms with van der Waals surface area (Å²) >= 11 is 3.17. The van der Waals surface area contributed by atoms with Crippen LogP contribution in [-0.2, 0) is 25.0 Å². The molecule has 38 heavy (non-hydrogen) atoms. The first-order valence-electron chi connectivity index (χ1n) is 10.4. The van der Waals surface area contributed by atoms with Gasteiger partial charge in [0, 0.05) is 0 Å². The molecule has 0 amide bonds. The minimum Gasteiger partial charge on any atom is -0.508 e. The number of anilines is 1. The highest BCUT2D eigenvalue weighted by atomic mass is 79.9. The molecule has 1 unspecified atom stereocenters. The van der Waals surface area contributed by atoms with Crippen molar-refractivity contribution in [3.05, 3.63) is 54.7 Å². The number of hydrogen-bond acceptors (Lipinski definition) is 13. The second-order valence-corrected chi connectivity index (χ2v) is 9.79. The van der Waals surface area contributed by atoms with Crippen molar-refractivity contribution < 1.29 is 42.7 Å². The number of aromatic amines is 1. The van der Waals surface area contributed by atoms with Crippen molar-refractivity contribution in [2.75, 3.05) is 26.6 Å². The Morgan fingerprint density at radius 1 is 1.29 bits per heavy atom. The summed E-state index contributed by atoms with van der Waals surface area (Å²) in [7, 11) is -2.13. The molecule has 0 saturated carbocycles. The van der Waals surface area contributed by atoms with E-state index in [2.05, 4.69) is 30.9 Å². The summed E-state index contributed by atoms with van der Waals surface area (Å²) in [6.45, 7) is -1.22. The number of aliphatic hydroxyl groups excluding tert-OH is 1. The average Bonchev–Trinajstić information content (AvgIpc) is 3.39. The molecule has 1 aliphatic heterocycles. The molecule has 0 bridgehead atoms. The standard InChI is InChI=1S/C19H20BrN6O11P/c1-33-12-3-8(10(26(29)30)5-13(12)34-2)6-35-38(31,32)36-7-9-4-11(27)17(37-9)25-15-14(22-18(25)20)16(28)24-19(21)23-15/h3-5,9,17,27H,6-7H2,1-2H3,(H,31,32)(H3,21,23,24,28)/t9-,17+/m0/s1. The van der Waals surface area contributed by atoms with Crippen LogP contribution < -0.4 is 20.8 Å². The van der Waals surface area contributed by atoms with Crippen LogP contribution >= 0.6 is 23.8 Å². The number of nitrogens with two attached hydrogens (primary N) is 1. The van der Waals surface area contributed by atoms with Crippen LogP contribution in [-0.4, -0.2) is 61.4 Å². The predicted molar refractivity (Wildman–Crippen MR) is 132 cm³/mol. The van der Waals surface area contributed by atoms with Crippen LogP contribution in [0, 0.1) is 10.1 Å². The number of aliphatic hydroxyl groups is 1. The number of nitrogens with one attached hydrogen (secondary N) is 1. The first-order valence-corrected chi connectivity index (χ1v) is 12.7. The number of H-pyrrole nitrogens is 1. The lowest BCUT2D eigenvalue weighted by atomic mass is 10.1. The van der Waals surface area contributed by atoms with Gasteiger partial charge in [0.2, 0.25) is 5.95 Å². The molecular weight excluding hydrogens is 599 g/mol. The number of fused-ring (bicyclic) bond motifs is 1. The van der Waals surface area contributed by atoms with Crippen LogP contribution in [0.3, 0.4) is 0 Å². The van der Waals surface area contributed by atoms with Crippen molar-refractivity contribution in [1.82, 2.24) is 19.5 Å². The monoisotopic (exact) mass is 618 g/mol. The maximum absolute atomic E-state index is 12.5. The summed E-state index contributed by atoms with van der Waals surface area (Å²) in [5.41, 5.74) is 4.44. The van der Waals surface area contributed by atoms with Crippen LogP contribution in [0.2, 0.25) is 0 Å². The summed E-state index contributed by atoms with van der Waals surface area (Å²) in [5.74, 6) is -0.280. The zero-order valence-electron chi connectivity index (χ0n) is 19.6.